The Hall–Kier alpha value is -0.496. The molecule has 0 aliphatic rings. The molecule has 0 aliphatic heterocycles. The predicted octanol–water partition coefficient (Wildman–Crippen LogP) is 1.79. The fourth-order valence-corrected chi connectivity index (χ4v) is 0.486. The molecule has 0 aliphatic carbocycles. The van der Waals surface area contributed by atoms with Gasteiger partial charge in [0.2, 0.25) is 0 Å². The number of carbonyl (C=O) groups is 1. The van der Waals surface area contributed by atoms with Crippen molar-refractivity contribution in [1.29, 1.82) is 0 Å². The summed E-state index contributed by atoms with van der Waals surface area (Å²) >= 11 is 0. The first kappa shape index (κ1) is 14.1. The molecular formula is C8H14NiO3. The molecule has 0 radical (unpaired) electrons. The van der Waals surface area contributed by atoms with Crippen LogP contribution in [0.4, 0.5) is 0 Å². The molecule has 1 atom stereocenters. The number of hydrogen-bond donors (Lipinski definition) is 1. The summed E-state index contributed by atoms with van der Waals surface area (Å²) in [6.07, 6.45) is 1.76. The number of allylic oxidation sites excluding steroid dienone is 1. The summed E-state index contributed by atoms with van der Waals surface area (Å²) < 4.78 is 4.84. The van der Waals surface area contributed by atoms with Crippen LogP contribution in [0.5, 0.6) is 0 Å². The van der Waals surface area contributed by atoms with Crippen LogP contribution >= 0.6 is 0 Å². The number of aliphatic hydroxyl groups excluding tert-OH is 1. The molecule has 0 amide bonds. The van der Waals surface area contributed by atoms with E-state index in [1.54, 1.807) is 6.92 Å². The van der Waals surface area contributed by atoms with Crippen molar-refractivity contribution in [3.63, 3.8) is 0 Å². The van der Waals surface area contributed by atoms with Gasteiger partial charge in [-0.2, -0.15) is 0 Å². The monoisotopic (exact) mass is 216 g/mol. The normalized spacial score (nSPS) is 13.1. The van der Waals surface area contributed by atoms with E-state index in [-0.39, 0.29) is 28.4 Å². The molecule has 0 saturated carbocycles. The summed E-state index contributed by atoms with van der Waals surface area (Å²) in [6, 6.07) is 0. The molecule has 0 saturated heterocycles. The van der Waals surface area contributed by atoms with Crippen molar-refractivity contribution in [2.75, 3.05) is 0 Å². The molecule has 1 unspecified atom stereocenters. The van der Waals surface area contributed by atoms with Crippen molar-refractivity contribution in [1.82, 2.24) is 0 Å². The minimum atomic E-state index is -0.487. The van der Waals surface area contributed by atoms with E-state index >= 15 is 0 Å². The van der Waals surface area contributed by atoms with E-state index in [4.69, 9.17) is 9.84 Å². The first-order valence-corrected chi connectivity index (χ1v) is 3.64. The standard InChI is InChI=1S/C8H14O3.Ni/c1-4-7(3)11-8(10)5-6(2)9;/h5,7,9H,4H2,1-3H3;/b6-5-;. The molecule has 74 valence electrons. The average Bonchev–Trinajstić information content (AvgIpc) is 1.85. The van der Waals surface area contributed by atoms with Crippen LogP contribution in [-0.2, 0) is 26.0 Å². The summed E-state index contributed by atoms with van der Waals surface area (Å²) in [6.45, 7) is 5.16. The number of esters is 1. The Balaban J connectivity index is 0. The quantitative estimate of drug-likeness (QED) is 0.339. The molecule has 0 aromatic carbocycles. The van der Waals surface area contributed by atoms with Crippen LogP contribution in [0.1, 0.15) is 27.2 Å². The van der Waals surface area contributed by atoms with Gasteiger partial charge in [-0.15, -0.1) is 0 Å². The van der Waals surface area contributed by atoms with Crippen molar-refractivity contribution in [3.05, 3.63) is 11.8 Å². The second-order valence-electron chi connectivity index (χ2n) is 2.44. The molecule has 0 aromatic rings. The molecule has 1 N–H and O–H groups in total. The summed E-state index contributed by atoms with van der Waals surface area (Å²) in [5.41, 5.74) is 0. The zero-order valence-corrected chi connectivity index (χ0v) is 8.43. The minimum absolute atomic E-state index is 0. The van der Waals surface area contributed by atoms with E-state index in [2.05, 4.69) is 0 Å². The Bertz CT molecular complexity index is 162. The van der Waals surface area contributed by atoms with Gasteiger partial charge in [-0.3, -0.25) is 0 Å². The molecule has 4 heteroatoms. The van der Waals surface area contributed by atoms with E-state index in [0.29, 0.717) is 0 Å². The van der Waals surface area contributed by atoms with Gasteiger partial charge in [-0.05, 0) is 20.3 Å². The van der Waals surface area contributed by atoms with Crippen molar-refractivity contribution in [2.45, 2.75) is 33.3 Å². The third kappa shape index (κ3) is 7.61. The van der Waals surface area contributed by atoms with Crippen molar-refractivity contribution in [2.24, 2.45) is 0 Å². The Kier molecular flexibility index (Phi) is 8.39. The zero-order valence-electron chi connectivity index (χ0n) is 7.44. The smallest absolute Gasteiger partial charge is 0.334 e. The van der Waals surface area contributed by atoms with Crippen LogP contribution in [-0.4, -0.2) is 17.2 Å². The van der Waals surface area contributed by atoms with Gasteiger partial charge < -0.3 is 9.84 Å². The summed E-state index contributed by atoms with van der Waals surface area (Å²) in [7, 11) is 0. The van der Waals surface area contributed by atoms with Crippen LogP contribution in [0.2, 0.25) is 0 Å². The first-order chi connectivity index (χ1) is 5.06. The summed E-state index contributed by atoms with van der Waals surface area (Å²) in [5, 5.41) is 8.67. The molecule has 3 nitrogen and oxygen atoms in total. The van der Waals surface area contributed by atoms with Gasteiger partial charge in [0.15, 0.2) is 0 Å². The van der Waals surface area contributed by atoms with Crippen LogP contribution in [0.25, 0.3) is 0 Å². The molecule has 0 heterocycles. The second kappa shape index (κ2) is 7.17. The maximum Gasteiger partial charge on any atom is 0.334 e. The second-order valence-corrected chi connectivity index (χ2v) is 2.44. The fraction of sp³-hybridized carbons (Fsp3) is 0.625. The zero-order chi connectivity index (χ0) is 8.85. The van der Waals surface area contributed by atoms with Crippen molar-refractivity contribution in [3.8, 4) is 0 Å². The van der Waals surface area contributed by atoms with Gasteiger partial charge in [0.05, 0.1) is 17.9 Å². The number of aliphatic hydroxyl groups is 1. The number of carbonyl (C=O) groups excluding carboxylic acids is 1. The van der Waals surface area contributed by atoms with Gasteiger partial charge in [0, 0.05) is 16.5 Å². The Morgan fingerprint density at radius 3 is 2.50 bits per heavy atom. The van der Waals surface area contributed by atoms with Crippen LogP contribution in [0.3, 0.4) is 0 Å². The molecule has 0 aromatic heterocycles. The Morgan fingerprint density at radius 1 is 1.67 bits per heavy atom. The van der Waals surface area contributed by atoms with Gasteiger partial charge in [-0.25, -0.2) is 4.79 Å². The maximum atomic E-state index is 10.8. The molecule has 12 heavy (non-hydrogen) atoms. The Labute approximate surface area is 82.7 Å². The van der Waals surface area contributed by atoms with Crippen molar-refractivity contribution < 1.29 is 31.1 Å². The third-order valence-corrected chi connectivity index (χ3v) is 1.22. The minimum Gasteiger partial charge on any atom is -0.512 e. The molecular weight excluding hydrogens is 203 g/mol. The van der Waals surface area contributed by atoms with Gasteiger partial charge >= 0.3 is 5.97 Å². The van der Waals surface area contributed by atoms with Crippen LogP contribution in [0, 0.1) is 0 Å². The SMILES string of the molecule is CCC(C)OC(=O)/C=C(/C)O.[Ni]. The van der Waals surface area contributed by atoms with E-state index in [1.807, 2.05) is 6.92 Å². The predicted molar refractivity (Wildman–Crippen MR) is 42.2 cm³/mol. The number of hydrogen-bond acceptors (Lipinski definition) is 3. The number of ether oxygens (including phenoxy) is 1. The van der Waals surface area contributed by atoms with E-state index in [1.165, 1.54) is 6.92 Å². The third-order valence-electron chi connectivity index (χ3n) is 1.22. The molecule has 0 rings (SSSR count). The molecule has 0 fully saturated rings. The van der Waals surface area contributed by atoms with Gasteiger partial charge in [0.25, 0.3) is 0 Å². The summed E-state index contributed by atoms with van der Waals surface area (Å²) in [5.74, 6) is -0.516. The van der Waals surface area contributed by atoms with E-state index < -0.39 is 5.97 Å². The number of rotatable bonds is 3. The summed E-state index contributed by atoms with van der Waals surface area (Å²) in [4.78, 5) is 10.8. The average molecular weight is 217 g/mol. The van der Waals surface area contributed by atoms with E-state index in [0.717, 1.165) is 12.5 Å². The van der Waals surface area contributed by atoms with Crippen LogP contribution in [0.15, 0.2) is 11.8 Å². The van der Waals surface area contributed by atoms with Gasteiger partial charge in [-0.1, -0.05) is 6.92 Å². The first-order valence-electron chi connectivity index (χ1n) is 3.64. The largest absolute Gasteiger partial charge is 0.512 e. The molecule has 0 bridgehead atoms. The Morgan fingerprint density at radius 2 is 2.17 bits per heavy atom. The maximum absolute atomic E-state index is 10.8. The van der Waals surface area contributed by atoms with Crippen molar-refractivity contribution >= 4 is 5.97 Å². The molecule has 0 spiro atoms. The van der Waals surface area contributed by atoms with E-state index in [9.17, 15) is 4.79 Å². The fourth-order valence-electron chi connectivity index (χ4n) is 0.486. The van der Waals surface area contributed by atoms with Gasteiger partial charge in [0.1, 0.15) is 0 Å². The van der Waals surface area contributed by atoms with Crippen LogP contribution < -0.4 is 0 Å². The topological polar surface area (TPSA) is 46.5 Å².